The summed E-state index contributed by atoms with van der Waals surface area (Å²) in [5, 5.41) is 3.39. The second kappa shape index (κ2) is 7.34. The molecule has 0 aromatic heterocycles. The molecule has 1 unspecified atom stereocenters. The van der Waals surface area contributed by atoms with Crippen LogP contribution in [0.2, 0.25) is 5.02 Å². The van der Waals surface area contributed by atoms with Gasteiger partial charge in [-0.15, -0.1) is 0 Å². The molecular formula is C16H15BrClF2N. The van der Waals surface area contributed by atoms with Crippen molar-refractivity contribution in [3.8, 4) is 0 Å². The molecule has 112 valence electrons. The Morgan fingerprint density at radius 1 is 1.19 bits per heavy atom. The molecule has 0 fully saturated rings. The first-order chi connectivity index (χ1) is 9.99. The lowest BCUT2D eigenvalue weighted by Crippen LogP contribution is -2.23. The van der Waals surface area contributed by atoms with E-state index >= 15 is 0 Å². The smallest absolute Gasteiger partial charge is 0.142 e. The number of benzene rings is 2. The average Bonchev–Trinajstić information content (AvgIpc) is 2.40. The number of hydrogen-bond acceptors (Lipinski definition) is 1. The fourth-order valence-corrected chi connectivity index (χ4v) is 2.88. The Morgan fingerprint density at radius 3 is 2.57 bits per heavy atom. The average molecular weight is 375 g/mol. The highest BCUT2D eigenvalue weighted by Gasteiger charge is 2.14. The number of hydrogen-bond donors (Lipinski definition) is 1. The zero-order chi connectivity index (χ0) is 15.4. The maximum atomic E-state index is 13.6. The van der Waals surface area contributed by atoms with Crippen molar-refractivity contribution < 1.29 is 8.78 Å². The molecule has 0 spiro atoms. The van der Waals surface area contributed by atoms with Crippen LogP contribution < -0.4 is 5.32 Å². The molecule has 2 aromatic carbocycles. The Bertz CT molecular complexity index is 613. The fraction of sp³-hybridized carbons (Fsp3) is 0.250. The zero-order valence-electron chi connectivity index (χ0n) is 11.5. The van der Waals surface area contributed by atoms with Crippen molar-refractivity contribution >= 4 is 27.5 Å². The van der Waals surface area contributed by atoms with Gasteiger partial charge in [-0.3, -0.25) is 0 Å². The third-order valence-electron chi connectivity index (χ3n) is 3.16. The van der Waals surface area contributed by atoms with Gasteiger partial charge in [0.25, 0.3) is 0 Å². The minimum Gasteiger partial charge on any atom is -0.310 e. The molecular weight excluding hydrogens is 360 g/mol. The molecule has 0 amide bonds. The van der Waals surface area contributed by atoms with Crippen molar-refractivity contribution in [2.45, 2.75) is 19.4 Å². The predicted molar refractivity (Wildman–Crippen MR) is 85.6 cm³/mol. The zero-order valence-corrected chi connectivity index (χ0v) is 13.8. The van der Waals surface area contributed by atoms with Gasteiger partial charge in [-0.2, -0.15) is 0 Å². The van der Waals surface area contributed by atoms with Crippen LogP contribution in [0.5, 0.6) is 0 Å². The molecule has 0 aliphatic carbocycles. The van der Waals surface area contributed by atoms with E-state index in [-0.39, 0.29) is 16.9 Å². The quantitative estimate of drug-likeness (QED) is 0.751. The Kier molecular flexibility index (Phi) is 5.73. The molecule has 0 aliphatic rings. The molecule has 0 radical (unpaired) electrons. The van der Waals surface area contributed by atoms with Crippen molar-refractivity contribution in [2.24, 2.45) is 0 Å². The summed E-state index contributed by atoms with van der Waals surface area (Å²) in [7, 11) is 0. The molecule has 5 heteroatoms. The van der Waals surface area contributed by atoms with E-state index in [9.17, 15) is 8.78 Å². The standard InChI is InChI=1S/C16H15BrClF2N/c1-2-21-16(11-3-4-14(18)15(20)8-11)7-10-5-12(17)9-13(19)6-10/h3-6,8-9,16,21H,2,7H2,1H3. The van der Waals surface area contributed by atoms with Crippen LogP contribution in [0.1, 0.15) is 24.1 Å². The molecule has 1 atom stereocenters. The predicted octanol–water partition coefficient (Wildman–Crippen LogP) is 5.27. The Hall–Kier alpha value is -0.970. The van der Waals surface area contributed by atoms with Crippen molar-refractivity contribution in [2.75, 3.05) is 6.54 Å². The van der Waals surface area contributed by atoms with E-state index in [2.05, 4.69) is 21.2 Å². The highest BCUT2D eigenvalue weighted by Crippen LogP contribution is 2.25. The number of likely N-dealkylation sites (N-methyl/N-ethyl adjacent to an activating group) is 1. The summed E-state index contributed by atoms with van der Waals surface area (Å²) in [6.45, 7) is 2.70. The van der Waals surface area contributed by atoms with Gasteiger partial charge in [0.15, 0.2) is 0 Å². The molecule has 0 saturated carbocycles. The third-order valence-corrected chi connectivity index (χ3v) is 3.92. The minimum atomic E-state index is -0.447. The molecule has 1 N–H and O–H groups in total. The lowest BCUT2D eigenvalue weighted by atomic mass is 9.98. The van der Waals surface area contributed by atoms with Crippen molar-refractivity contribution in [1.29, 1.82) is 0 Å². The lowest BCUT2D eigenvalue weighted by Gasteiger charge is -2.19. The Morgan fingerprint density at radius 2 is 1.95 bits per heavy atom. The van der Waals surface area contributed by atoms with E-state index in [1.54, 1.807) is 6.07 Å². The van der Waals surface area contributed by atoms with Crippen LogP contribution in [0.25, 0.3) is 0 Å². The SMILES string of the molecule is CCNC(Cc1cc(F)cc(Br)c1)c1ccc(Cl)c(F)c1. The highest BCUT2D eigenvalue weighted by molar-refractivity contribution is 9.10. The summed E-state index contributed by atoms with van der Waals surface area (Å²) >= 11 is 8.99. The van der Waals surface area contributed by atoms with Crippen molar-refractivity contribution in [3.63, 3.8) is 0 Å². The first-order valence-corrected chi connectivity index (χ1v) is 7.80. The van der Waals surface area contributed by atoms with Gasteiger partial charge in [0.1, 0.15) is 11.6 Å². The molecule has 0 saturated heterocycles. The maximum absolute atomic E-state index is 13.6. The van der Waals surface area contributed by atoms with E-state index in [0.717, 1.165) is 17.7 Å². The number of rotatable bonds is 5. The molecule has 2 rings (SSSR count). The molecule has 0 bridgehead atoms. The molecule has 0 heterocycles. The van der Waals surface area contributed by atoms with Gasteiger partial charge in [0, 0.05) is 10.5 Å². The summed E-state index contributed by atoms with van der Waals surface area (Å²) in [6, 6.07) is 9.40. The molecule has 1 nitrogen and oxygen atoms in total. The van der Waals surface area contributed by atoms with Gasteiger partial charge in [-0.25, -0.2) is 8.78 Å². The van der Waals surface area contributed by atoms with E-state index in [4.69, 9.17) is 11.6 Å². The second-order valence-electron chi connectivity index (χ2n) is 4.77. The van der Waals surface area contributed by atoms with Crippen LogP contribution in [0.4, 0.5) is 8.78 Å². The fourth-order valence-electron chi connectivity index (χ4n) is 2.25. The first kappa shape index (κ1) is 16.4. The van der Waals surface area contributed by atoms with Gasteiger partial charge in [0.2, 0.25) is 0 Å². The van der Waals surface area contributed by atoms with Crippen molar-refractivity contribution in [1.82, 2.24) is 5.32 Å². The minimum absolute atomic E-state index is 0.0995. The van der Waals surface area contributed by atoms with Crippen molar-refractivity contribution in [3.05, 3.63) is 68.7 Å². The van der Waals surface area contributed by atoms with Crippen LogP contribution in [-0.2, 0) is 6.42 Å². The Labute approximate surface area is 136 Å². The van der Waals surface area contributed by atoms with Gasteiger partial charge in [-0.05, 0) is 54.4 Å². The van der Waals surface area contributed by atoms with Crippen LogP contribution in [0, 0.1) is 11.6 Å². The van der Waals surface area contributed by atoms with Gasteiger partial charge in [-0.1, -0.05) is 40.5 Å². The molecule has 21 heavy (non-hydrogen) atoms. The second-order valence-corrected chi connectivity index (χ2v) is 6.09. The lowest BCUT2D eigenvalue weighted by molar-refractivity contribution is 0.540. The van der Waals surface area contributed by atoms with Gasteiger partial charge < -0.3 is 5.32 Å². The van der Waals surface area contributed by atoms with Gasteiger partial charge in [0.05, 0.1) is 5.02 Å². The van der Waals surface area contributed by atoms with Gasteiger partial charge >= 0.3 is 0 Å². The normalized spacial score (nSPS) is 12.4. The number of nitrogens with one attached hydrogen (secondary N) is 1. The van der Waals surface area contributed by atoms with Crippen LogP contribution >= 0.6 is 27.5 Å². The highest BCUT2D eigenvalue weighted by atomic mass is 79.9. The first-order valence-electron chi connectivity index (χ1n) is 6.63. The third kappa shape index (κ3) is 4.50. The van der Waals surface area contributed by atoms with E-state index < -0.39 is 5.82 Å². The molecule has 2 aromatic rings. The summed E-state index contributed by atoms with van der Waals surface area (Å²) < 4.78 is 27.8. The molecule has 0 aliphatic heterocycles. The van der Waals surface area contributed by atoms with Crippen LogP contribution in [0.15, 0.2) is 40.9 Å². The largest absolute Gasteiger partial charge is 0.310 e. The summed E-state index contributed by atoms with van der Waals surface area (Å²) in [5.74, 6) is -0.741. The summed E-state index contributed by atoms with van der Waals surface area (Å²) in [6.07, 6.45) is 0.561. The summed E-state index contributed by atoms with van der Waals surface area (Å²) in [5.41, 5.74) is 1.63. The Balaban J connectivity index is 2.27. The number of halogens is 4. The van der Waals surface area contributed by atoms with E-state index in [0.29, 0.717) is 10.9 Å². The van der Waals surface area contributed by atoms with E-state index in [1.165, 1.54) is 24.3 Å². The maximum Gasteiger partial charge on any atom is 0.142 e. The van der Waals surface area contributed by atoms with Crippen LogP contribution in [-0.4, -0.2) is 6.54 Å². The van der Waals surface area contributed by atoms with E-state index in [1.807, 2.05) is 13.0 Å². The topological polar surface area (TPSA) is 12.0 Å². The summed E-state index contributed by atoms with van der Waals surface area (Å²) in [4.78, 5) is 0. The monoisotopic (exact) mass is 373 g/mol. The van der Waals surface area contributed by atoms with Crippen LogP contribution in [0.3, 0.4) is 0 Å².